The van der Waals surface area contributed by atoms with Crippen LogP contribution in [0, 0.1) is 0 Å². The molecular weight excluding hydrogens is 244 g/mol. The van der Waals surface area contributed by atoms with Crippen molar-refractivity contribution in [1.29, 1.82) is 0 Å². The standard InChI is InChI=1S/C10H13ClN4O2/c11-7-4-6(5-15-9(7)13)10(17)14-3-1-2-8(12)16/h4-5H,1-3H2,(H2,12,16)(H2,13,15)(H,14,17). The third kappa shape index (κ3) is 4.28. The maximum atomic E-state index is 11.6. The number of hydrogen-bond donors (Lipinski definition) is 3. The summed E-state index contributed by atoms with van der Waals surface area (Å²) in [5.41, 5.74) is 10.7. The zero-order chi connectivity index (χ0) is 12.8. The van der Waals surface area contributed by atoms with Crippen LogP contribution in [0.1, 0.15) is 23.2 Å². The highest BCUT2D eigenvalue weighted by atomic mass is 35.5. The molecule has 0 atom stereocenters. The number of nitrogens with one attached hydrogen (secondary N) is 1. The van der Waals surface area contributed by atoms with Gasteiger partial charge >= 0.3 is 0 Å². The van der Waals surface area contributed by atoms with Gasteiger partial charge in [-0.15, -0.1) is 0 Å². The van der Waals surface area contributed by atoms with Crippen LogP contribution in [0.5, 0.6) is 0 Å². The van der Waals surface area contributed by atoms with E-state index in [1.165, 1.54) is 12.3 Å². The van der Waals surface area contributed by atoms with Gasteiger partial charge in [0.15, 0.2) is 0 Å². The molecule has 0 aliphatic rings. The van der Waals surface area contributed by atoms with Crippen molar-refractivity contribution < 1.29 is 9.59 Å². The first-order valence-electron chi connectivity index (χ1n) is 4.98. The number of carbonyl (C=O) groups is 2. The summed E-state index contributed by atoms with van der Waals surface area (Å²) >= 11 is 5.73. The zero-order valence-corrected chi connectivity index (χ0v) is 9.83. The Morgan fingerprint density at radius 1 is 1.47 bits per heavy atom. The number of hydrogen-bond acceptors (Lipinski definition) is 4. The fourth-order valence-electron chi connectivity index (χ4n) is 1.14. The Labute approximate surface area is 103 Å². The molecule has 0 aromatic carbocycles. The van der Waals surface area contributed by atoms with Crippen LogP contribution in [0.25, 0.3) is 0 Å². The molecule has 92 valence electrons. The minimum atomic E-state index is -0.392. The molecule has 6 nitrogen and oxygen atoms in total. The van der Waals surface area contributed by atoms with Crippen LogP contribution in [0.15, 0.2) is 12.3 Å². The number of pyridine rings is 1. The predicted molar refractivity (Wildman–Crippen MR) is 64.4 cm³/mol. The Bertz CT molecular complexity index is 436. The minimum absolute atomic E-state index is 0.178. The lowest BCUT2D eigenvalue weighted by atomic mass is 10.2. The molecule has 0 aliphatic heterocycles. The Balaban J connectivity index is 2.47. The number of rotatable bonds is 5. The van der Waals surface area contributed by atoms with Crippen molar-refractivity contribution in [3.63, 3.8) is 0 Å². The first-order chi connectivity index (χ1) is 8.00. The lowest BCUT2D eigenvalue weighted by molar-refractivity contribution is -0.118. The summed E-state index contributed by atoms with van der Waals surface area (Å²) in [5, 5.41) is 2.85. The Morgan fingerprint density at radius 3 is 2.76 bits per heavy atom. The molecule has 7 heteroatoms. The Morgan fingerprint density at radius 2 is 2.18 bits per heavy atom. The highest BCUT2D eigenvalue weighted by molar-refractivity contribution is 6.33. The van der Waals surface area contributed by atoms with Crippen LogP contribution in [0.3, 0.4) is 0 Å². The number of anilines is 1. The van der Waals surface area contributed by atoms with E-state index in [-0.39, 0.29) is 23.2 Å². The van der Waals surface area contributed by atoms with Gasteiger partial charge in [0.25, 0.3) is 5.91 Å². The number of amides is 2. The van der Waals surface area contributed by atoms with E-state index < -0.39 is 5.91 Å². The summed E-state index contributed by atoms with van der Waals surface area (Å²) in [6, 6.07) is 1.44. The molecule has 0 saturated carbocycles. The first-order valence-corrected chi connectivity index (χ1v) is 5.36. The van der Waals surface area contributed by atoms with Crippen molar-refractivity contribution in [2.24, 2.45) is 5.73 Å². The summed E-state index contributed by atoms with van der Waals surface area (Å²) in [4.78, 5) is 25.8. The van der Waals surface area contributed by atoms with Gasteiger partial charge in [-0.3, -0.25) is 9.59 Å². The van der Waals surface area contributed by atoms with Crippen molar-refractivity contribution in [3.8, 4) is 0 Å². The number of primary amides is 1. The Hall–Kier alpha value is -1.82. The van der Waals surface area contributed by atoms with Gasteiger partial charge in [-0.25, -0.2) is 4.98 Å². The summed E-state index contributed by atoms with van der Waals surface area (Å²) in [7, 11) is 0. The van der Waals surface area contributed by atoms with E-state index in [2.05, 4.69) is 10.3 Å². The van der Waals surface area contributed by atoms with Crippen LogP contribution in [0.4, 0.5) is 5.82 Å². The molecule has 0 radical (unpaired) electrons. The van der Waals surface area contributed by atoms with Crippen molar-refractivity contribution in [1.82, 2.24) is 10.3 Å². The second-order valence-corrected chi connectivity index (χ2v) is 3.82. The highest BCUT2D eigenvalue weighted by Gasteiger charge is 2.08. The van der Waals surface area contributed by atoms with Crippen LogP contribution in [-0.2, 0) is 4.79 Å². The van der Waals surface area contributed by atoms with E-state index in [1.807, 2.05) is 0 Å². The molecule has 1 rings (SSSR count). The number of halogens is 1. The van der Waals surface area contributed by atoms with Crippen LogP contribution in [-0.4, -0.2) is 23.3 Å². The maximum Gasteiger partial charge on any atom is 0.252 e. The number of aromatic nitrogens is 1. The van der Waals surface area contributed by atoms with Crippen LogP contribution < -0.4 is 16.8 Å². The fourth-order valence-corrected chi connectivity index (χ4v) is 1.31. The number of nitrogens with zero attached hydrogens (tertiary/aromatic N) is 1. The smallest absolute Gasteiger partial charge is 0.252 e. The zero-order valence-electron chi connectivity index (χ0n) is 9.07. The lowest BCUT2D eigenvalue weighted by Crippen LogP contribution is -2.25. The number of carbonyl (C=O) groups excluding carboxylic acids is 2. The van der Waals surface area contributed by atoms with Gasteiger partial charge in [-0.1, -0.05) is 11.6 Å². The van der Waals surface area contributed by atoms with Crippen molar-refractivity contribution in [3.05, 3.63) is 22.8 Å². The summed E-state index contributed by atoms with van der Waals surface area (Å²) in [5.74, 6) is -0.530. The van der Waals surface area contributed by atoms with E-state index in [1.54, 1.807) is 0 Å². The van der Waals surface area contributed by atoms with Gasteiger partial charge in [0.1, 0.15) is 5.82 Å². The van der Waals surface area contributed by atoms with E-state index in [0.717, 1.165) is 0 Å². The van der Waals surface area contributed by atoms with E-state index in [0.29, 0.717) is 18.5 Å². The molecule has 0 saturated heterocycles. The molecule has 1 heterocycles. The largest absolute Gasteiger partial charge is 0.382 e. The average Bonchev–Trinajstić information content (AvgIpc) is 2.27. The molecule has 2 amide bonds. The van der Waals surface area contributed by atoms with Gasteiger partial charge in [-0.2, -0.15) is 0 Å². The third-order valence-corrected chi connectivity index (χ3v) is 2.32. The summed E-state index contributed by atoms with van der Waals surface area (Å²) in [6.07, 6.45) is 2.07. The van der Waals surface area contributed by atoms with E-state index in [4.69, 9.17) is 23.1 Å². The molecule has 0 spiro atoms. The second-order valence-electron chi connectivity index (χ2n) is 3.42. The van der Waals surface area contributed by atoms with Gasteiger partial charge in [0, 0.05) is 19.2 Å². The second kappa shape index (κ2) is 6.05. The molecule has 0 aliphatic carbocycles. The van der Waals surface area contributed by atoms with Crippen molar-refractivity contribution in [2.75, 3.05) is 12.3 Å². The van der Waals surface area contributed by atoms with Gasteiger partial charge in [0.05, 0.1) is 10.6 Å². The fraction of sp³-hybridized carbons (Fsp3) is 0.300. The summed E-state index contributed by atoms with van der Waals surface area (Å²) in [6.45, 7) is 0.365. The molecule has 0 unspecified atom stereocenters. The molecule has 1 aromatic heterocycles. The molecule has 0 bridgehead atoms. The molecule has 1 aromatic rings. The minimum Gasteiger partial charge on any atom is -0.382 e. The van der Waals surface area contributed by atoms with E-state index >= 15 is 0 Å². The molecular formula is C10H13ClN4O2. The van der Waals surface area contributed by atoms with Crippen LogP contribution >= 0.6 is 11.6 Å². The quantitative estimate of drug-likeness (QED) is 0.659. The normalized spacial score (nSPS) is 9.94. The van der Waals surface area contributed by atoms with Crippen LogP contribution in [0.2, 0.25) is 5.02 Å². The highest BCUT2D eigenvalue weighted by Crippen LogP contribution is 2.16. The molecule has 0 fully saturated rings. The van der Waals surface area contributed by atoms with Gasteiger partial charge in [-0.05, 0) is 12.5 Å². The Kier molecular flexibility index (Phi) is 4.71. The predicted octanol–water partition coefficient (Wildman–Crippen LogP) is 0.312. The maximum absolute atomic E-state index is 11.6. The number of nitrogens with two attached hydrogens (primary N) is 2. The molecule has 5 N–H and O–H groups in total. The third-order valence-electron chi connectivity index (χ3n) is 2.02. The lowest BCUT2D eigenvalue weighted by Gasteiger charge is -2.05. The molecule has 17 heavy (non-hydrogen) atoms. The average molecular weight is 257 g/mol. The SMILES string of the molecule is NC(=O)CCCNC(=O)c1cnc(N)c(Cl)c1. The summed E-state index contributed by atoms with van der Waals surface area (Å²) < 4.78 is 0. The monoisotopic (exact) mass is 256 g/mol. The van der Waals surface area contributed by atoms with E-state index in [9.17, 15) is 9.59 Å². The van der Waals surface area contributed by atoms with Crippen molar-refractivity contribution in [2.45, 2.75) is 12.8 Å². The first kappa shape index (κ1) is 13.2. The van der Waals surface area contributed by atoms with Gasteiger partial charge < -0.3 is 16.8 Å². The number of nitrogen functional groups attached to an aromatic ring is 1. The topological polar surface area (TPSA) is 111 Å². The van der Waals surface area contributed by atoms with Crippen molar-refractivity contribution >= 4 is 29.2 Å². The van der Waals surface area contributed by atoms with Gasteiger partial charge in [0.2, 0.25) is 5.91 Å².